The standard InChI is InChI=1S/C23H23N3O2/c1-25(2)20-15-13-19(14-16-20)24-22(27)17-9-11-18(12-10-17)23(28)26(3)21-7-5-4-6-8-21/h4-16H,1-3H3,(H,24,27). The van der Waals surface area contributed by atoms with Gasteiger partial charge in [0.05, 0.1) is 0 Å². The summed E-state index contributed by atoms with van der Waals surface area (Å²) in [5, 5.41) is 2.87. The Balaban J connectivity index is 1.68. The van der Waals surface area contributed by atoms with Crippen molar-refractivity contribution >= 4 is 28.9 Å². The van der Waals surface area contributed by atoms with Gasteiger partial charge in [-0.2, -0.15) is 0 Å². The molecule has 0 aliphatic heterocycles. The predicted octanol–water partition coefficient (Wildman–Crippen LogP) is 4.28. The van der Waals surface area contributed by atoms with E-state index in [0.29, 0.717) is 11.1 Å². The summed E-state index contributed by atoms with van der Waals surface area (Å²) in [6.07, 6.45) is 0. The van der Waals surface area contributed by atoms with E-state index in [-0.39, 0.29) is 11.8 Å². The lowest BCUT2D eigenvalue weighted by molar-refractivity contribution is 0.0989. The zero-order chi connectivity index (χ0) is 20.1. The number of amides is 2. The summed E-state index contributed by atoms with van der Waals surface area (Å²) in [7, 11) is 5.66. The highest BCUT2D eigenvalue weighted by Gasteiger charge is 2.14. The quantitative estimate of drug-likeness (QED) is 0.726. The molecule has 5 nitrogen and oxygen atoms in total. The lowest BCUT2D eigenvalue weighted by atomic mass is 10.1. The lowest BCUT2D eigenvalue weighted by Gasteiger charge is -2.17. The van der Waals surface area contributed by atoms with Gasteiger partial charge in [0, 0.05) is 49.3 Å². The van der Waals surface area contributed by atoms with Crippen molar-refractivity contribution in [2.75, 3.05) is 36.3 Å². The van der Waals surface area contributed by atoms with Crippen molar-refractivity contribution in [1.82, 2.24) is 0 Å². The first-order valence-corrected chi connectivity index (χ1v) is 8.97. The smallest absolute Gasteiger partial charge is 0.258 e. The summed E-state index contributed by atoms with van der Waals surface area (Å²) in [5.41, 5.74) is 3.62. The van der Waals surface area contributed by atoms with Crippen LogP contribution in [-0.2, 0) is 0 Å². The van der Waals surface area contributed by atoms with E-state index in [1.165, 1.54) is 0 Å². The van der Waals surface area contributed by atoms with Gasteiger partial charge in [0.15, 0.2) is 0 Å². The molecule has 0 aromatic heterocycles. The number of nitrogens with zero attached hydrogens (tertiary/aromatic N) is 2. The second kappa shape index (κ2) is 8.39. The van der Waals surface area contributed by atoms with Gasteiger partial charge in [-0.15, -0.1) is 0 Å². The molecular formula is C23H23N3O2. The fourth-order valence-electron chi connectivity index (χ4n) is 2.77. The Labute approximate surface area is 165 Å². The largest absolute Gasteiger partial charge is 0.378 e. The SMILES string of the molecule is CN(C)c1ccc(NC(=O)c2ccc(C(=O)N(C)c3ccccc3)cc2)cc1. The van der Waals surface area contributed by atoms with E-state index >= 15 is 0 Å². The van der Waals surface area contributed by atoms with Gasteiger partial charge in [-0.05, 0) is 60.7 Å². The van der Waals surface area contributed by atoms with Crippen LogP contribution in [0.25, 0.3) is 0 Å². The van der Waals surface area contributed by atoms with Crippen LogP contribution in [0.4, 0.5) is 17.1 Å². The predicted molar refractivity (Wildman–Crippen MR) is 114 cm³/mol. The second-order valence-electron chi connectivity index (χ2n) is 6.67. The van der Waals surface area contributed by atoms with Crippen LogP contribution in [0.5, 0.6) is 0 Å². The number of anilines is 3. The average Bonchev–Trinajstić information content (AvgIpc) is 2.73. The molecule has 1 N–H and O–H groups in total. The number of benzene rings is 3. The highest BCUT2D eigenvalue weighted by Crippen LogP contribution is 2.18. The normalized spacial score (nSPS) is 10.2. The second-order valence-corrected chi connectivity index (χ2v) is 6.67. The summed E-state index contributed by atoms with van der Waals surface area (Å²) in [6, 6.07) is 23.7. The van der Waals surface area contributed by atoms with Crippen LogP contribution in [0.3, 0.4) is 0 Å². The molecule has 2 amide bonds. The number of para-hydroxylation sites is 1. The van der Waals surface area contributed by atoms with Crippen LogP contribution in [0.1, 0.15) is 20.7 Å². The van der Waals surface area contributed by atoms with E-state index in [1.54, 1.807) is 36.2 Å². The zero-order valence-corrected chi connectivity index (χ0v) is 16.2. The minimum absolute atomic E-state index is 0.127. The van der Waals surface area contributed by atoms with Gasteiger partial charge in [-0.3, -0.25) is 9.59 Å². The third kappa shape index (κ3) is 4.38. The van der Waals surface area contributed by atoms with Crippen LogP contribution in [0, 0.1) is 0 Å². The van der Waals surface area contributed by atoms with Gasteiger partial charge in [0.2, 0.25) is 0 Å². The van der Waals surface area contributed by atoms with Gasteiger partial charge < -0.3 is 15.1 Å². The summed E-state index contributed by atoms with van der Waals surface area (Å²) in [5.74, 6) is -0.342. The Bertz CT molecular complexity index is 949. The molecule has 142 valence electrons. The third-order valence-corrected chi connectivity index (χ3v) is 4.48. The topological polar surface area (TPSA) is 52.7 Å². The fourth-order valence-corrected chi connectivity index (χ4v) is 2.77. The van der Waals surface area contributed by atoms with E-state index in [2.05, 4.69) is 5.32 Å². The van der Waals surface area contributed by atoms with E-state index in [9.17, 15) is 9.59 Å². The zero-order valence-electron chi connectivity index (χ0n) is 16.2. The Kier molecular flexibility index (Phi) is 5.75. The Morgan fingerprint density at radius 3 is 1.82 bits per heavy atom. The summed E-state index contributed by atoms with van der Waals surface area (Å²) >= 11 is 0. The molecule has 0 aliphatic carbocycles. The van der Waals surface area contributed by atoms with Crippen LogP contribution in [0.2, 0.25) is 0 Å². The van der Waals surface area contributed by atoms with Crippen LogP contribution >= 0.6 is 0 Å². The molecule has 0 saturated heterocycles. The number of carbonyl (C=O) groups is 2. The number of nitrogens with one attached hydrogen (secondary N) is 1. The highest BCUT2D eigenvalue weighted by molar-refractivity contribution is 6.08. The molecule has 0 aliphatic rings. The number of hydrogen-bond donors (Lipinski definition) is 1. The first kappa shape index (κ1) is 19.2. The molecule has 0 saturated carbocycles. The van der Waals surface area contributed by atoms with Gasteiger partial charge in [0.25, 0.3) is 11.8 Å². The molecule has 3 aromatic rings. The molecule has 0 spiro atoms. The summed E-state index contributed by atoms with van der Waals surface area (Å²) in [4.78, 5) is 28.7. The van der Waals surface area contributed by atoms with Gasteiger partial charge >= 0.3 is 0 Å². The molecule has 0 bridgehead atoms. The number of carbonyl (C=O) groups excluding carboxylic acids is 2. The molecule has 3 rings (SSSR count). The van der Waals surface area contributed by atoms with Crippen LogP contribution < -0.4 is 15.1 Å². The number of hydrogen-bond acceptors (Lipinski definition) is 3. The monoisotopic (exact) mass is 373 g/mol. The fraction of sp³-hybridized carbons (Fsp3) is 0.130. The Morgan fingerprint density at radius 2 is 1.25 bits per heavy atom. The first-order chi connectivity index (χ1) is 13.5. The molecule has 28 heavy (non-hydrogen) atoms. The van der Waals surface area contributed by atoms with Crippen molar-refractivity contribution in [3.8, 4) is 0 Å². The maximum Gasteiger partial charge on any atom is 0.258 e. The van der Waals surface area contributed by atoms with E-state index in [1.807, 2.05) is 73.6 Å². The van der Waals surface area contributed by atoms with Crippen molar-refractivity contribution in [2.24, 2.45) is 0 Å². The van der Waals surface area contributed by atoms with E-state index in [0.717, 1.165) is 17.1 Å². The molecule has 3 aromatic carbocycles. The van der Waals surface area contributed by atoms with Crippen molar-refractivity contribution in [2.45, 2.75) is 0 Å². The highest BCUT2D eigenvalue weighted by atomic mass is 16.2. The van der Waals surface area contributed by atoms with Crippen molar-refractivity contribution < 1.29 is 9.59 Å². The molecule has 0 radical (unpaired) electrons. The maximum atomic E-state index is 12.6. The van der Waals surface area contributed by atoms with Crippen molar-refractivity contribution in [1.29, 1.82) is 0 Å². The van der Waals surface area contributed by atoms with Crippen LogP contribution in [0.15, 0.2) is 78.9 Å². The number of rotatable bonds is 5. The minimum atomic E-state index is -0.215. The Hall–Kier alpha value is -3.60. The van der Waals surface area contributed by atoms with Gasteiger partial charge in [0.1, 0.15) is 0 Å². The van der Waals surface area contributed by atoms with Crippen molar-refractivity contribution in [3.05, 3.63) is 90.0 Å². The summed E-state index contributed by atoms with van der Waals surface area (Å²) < 4.78 is 0. The molecule has 0 unspecified atom stereocenters. The minimum Gasteiger partial charge on any atom is -0.378 e. The van der Waals surface area contributed by atoms with Gasteiger partial charge in [-0.1, -0.05) is 18.2 Å². The van der Waals surface area contributed by atoms with Crippen molar-refractivity contribution in [3.63, 3.8) is 0 Å². The molecule has 0 heterocycles. The van der Waals surface area contributed by atoms with Gasteiger partial charge in [-0.25, -0.2) is 0 Å². The van der Waals surface area contributed by atoms with E-state index in [4.69, 9.17) is 0 Å². The third-order valence-electron chi connectivity index (χ3n) is 4.48. The molecule has 0 fully saturated rings. The summed E-state index contributed by atoms with van der Waals surface area (Å²) in [6.45, 7) is 0. The lowest BCUT2D eigenvalue weighted by Crippen LogP contribution is -2.26. The van der Waals surface area contributed by atoms with Crippen LogP contribution in [-0.4, -0.2) is 33.0 Å². The molecule has 0 atom stereocenters. The maximum absolute atomic E-state index is 12.6. The Morgan fingerprint density at radius 1 is 0.679 bits per heavy atom. The van der Waals surface area contributed by atoms with E-state index < -0.39 is 0 Å². The average molecular weight is 373 g/mol. The first-order valence-electron chi connectivity index (χ1n) is 8.97. The molecule has 5 heteroatoms. The molecular weight excluding hydrogens is 350 g/mol.